The summed E-state index contributed by atoms with van der Waals surface area (Å²) in [6.07, 6.45) is -1.27. The molecule has 0 aliphatic heterocycles. The van der Waals surface area contributed by atoms with Gasteiger partial charge in [0.25, 0.3) is 0 Å². The van der Waals surface area contributed by atoms with Gasteiger partial charge in [-0.05, 0) is 31.9 Å². The molecule has 0 aliphatic rings. The highest BCUT2D eigenvalue weighted by Crippen LogP contribution is 2.22. The Kier molecular flexibility index (Phi) is 8.63. The van der Waals surface area contributed by atoms with Gasteiger partial charge in [-0.1, -0.05) is 17.7 Å². The zero-order valence-electron chi connectivity index (χ0n) is 15.0. The molecule has 1 rings (SSSR count). The van der Waals surface area contributed by atoms with Gasteiger partial charge in [-0.3, -0.25) is 10.2 Å². The third-order valence-corrected chi connectivity index (χ3v) is 5.72. The zero-order valence-corrected chi connectivity index (χ0v) is 15.8. The van der Waals surface area contributed by atoms with Crippen LogP contribution in [-0.2, 0) is 14.8 Å². The van der Waals surface area contributed by atoms with E-state index in [1.165, 1.54) is 12.1 Å². The number of nitrogens with zero attached hydrogens (tertiary/aromatic N) is 1. The number of carboxylic acids is 1. The van der Waals surface area contributed by atoms with Crippen LogP contribution in [0.5, 0.6) is 0 Å². The Labute approximate surface area is 158 Å². The zero-order chi connectivity index (χ0) is 20.6. The van der Waals surface area contributed by atoms with Crippen LogP contribution in [0.3, 0.4) is 0 Å². The molecule has 11 heteroatoms. The molecule has 0 saturated heterocycles. The number of sulfonamides is 1. The van der Waals surface area contributed by atoms with Crippen molar-refractivity contribution in [1.82, 2.24) is 9.62 Å². The Morgan fingerprint density at radius 1 is 1.33 bits per heavy atom. The third-order valence-electron chi connectivity index (χ3n) is 3.83. The largest absolute Gasteiger partial charge is 0.480 e. The SMILES string of the molecule is Cc1ccc(S(=O)(=O)N(CC(O)CO)C(CCCNC(=N)N)C(=O)O)cc1. The summed E-state index contributed by atoms with van der Waals surface area (Å²) in [6, 6.07) is 4.43. The average Bonchev–Trinajstić information content (AvgIpc) is 2.59. The number of nitrogens with one attached hydrogen (secondary N) is 2. The number of aliphatic carboxylic acids is 1. The highest BCUT2D eigenvalue weighted by atomic mass is 32.2. The lowest BCUT2D eigenvalue weighted by molar-refractivity contribution is -0.142. The first-order valence-electron chi connectivity index (χ1n) is 8.27. The van der Waals surface area contributed by atoms with Crippen molar-refractivity contribution in [3.05, 3.63) is 29.8 Å². The number of aryl methyl sites for hydroxylation is 1. The van der Waals surface area contributed by atoms with Crippen LogP contribution in [0.15, 0.2) is 29.2 Å². The van der Waals surface area contributed by atoms with Crippen molar-refractivity contribution in [2.45, 2.75) is 36.8 Å². The van der Waals surface area contributed by atoms with Gasteiger partial charge in [-0.2, -0.15) is 4.31 Å². The van der Waals surface area contributed by atoms with Gasteiger partial charge < -0.3 is 26.4 Å². The minimum Gasteiger partial charge on any atom is -0.480 e. The Morgan fingerprint density at radius 2 is 1.93 bits per heavy atom. The van der Waals surface area contributed by atoms with Gasteiger partial charge in [0.2, 0.25) is 10.0 Å². The van der Waals surface area contributed by atoms with Gasteiger partial charge >= 0.3 is 5.97 Å². The maximum absolute atomic E-state index is 13.0. The molecule has 2 unspecified atom stereocenters. The van der Waals surface area contributed by atoms with E-state index in [0.717, 1.165) is 5.56 Å². The number of hydrogen-bond donors (Lipinski definition) is 6. The molecule has 0 radical (unpaired) electrons. The molecule has 0 amide bonds. The predicted molar refractivity (Wildman–Crippen MR) is 98.7 cm³/mol. The monoisotopic (exact) mass is 402 g/mol. The van der Waals surface area contributed by atoms with Gasteiger partial charge in [0.05, 0.1) is 17.6 Å². The molecule has 0 aromatic heterocycles. The summed E-state index contributed by atoms with van der Waals surface area (Å²) in [6.45, 7) is 0.702. The molecule has 27 heavy (non-hydrogen) atoms. The second-order valence-electron chi connectivity index (χ2n) is 6.06. The molecule has 0 bridgehead atoms. The molecule has 2 atom stereocenters. The summed E-state index contributed by atoms with van der Waals surface area (Å²) in [4.78, 5) is 11.6. The third kappa shape index (κ3) is 6.79. The average molecular weight is 402 g/mol. The summed E-state index contributed by atoms with van der Waals surface area (Å²) >= 11 is 0. The molecule has 0 heterocycles. The van der Waals surface area contributed by atoms with Crippen LogP contribution in [0.25, 0.3) is 0 Å². The van der Waals surface area contributed by atoms with E-state index in [9.17, 15) is 23.4 Å². The maximum atomic E-state index is 13.0. The van der Waals surface area contributed by atoms with Crippen molar-refractivity contribution >= 4 is 22.0 Å². The summed E-state index contributed by atoms with van der Waals surface area (Å²) in [5.41, 5.74) is 5.99. The molecule has 0 spiro atoms. The minimum absolute atomic E-state index is 0.0706. The van der Waals surface area contributed by atoms with Crippen molar-refractivity contribution in [1.29, 1.82) is 5.41 Å². The van der Waals surface area contributed by atoms with Gasteiger partial charge in [0.1, 0.15) is 6.04 Å². The van der Waals surface area contributed by atoms with Crippen molar-refractivity contribution in [3.8, 4) is 0 Å². The van der Waals surface area contributed by atoms with Crippen LogP contribution in [0.2, 0.25) is 0 Å². The lowest BCUT2D eigenvalue weighted by Gasteiger charge is -2.29. The van der Waals surface area contributed by atoms with Gasteiger partial charge in [0, 0.05) is 13.1 Å². The molecule has 10 nitrogen and oxygen atoms in total. The number of hydrogen-bond acceptors (Lipinski definition) is 6. The lowest BCUT2D eigenvalue weighted by atomic mass is 10.1. The molecule has 1 aromatic rings. The Balaban J connectivity index is 3.16. The molecule has 152 valence electrons. The summed E-state index contributed by atoms with van der Waals surface area (Å²) in [5, 5.41) is 38.0. The Morgan fingerprint density at radius 3 is 2.41 bits per heavy atom. The van der Waals surface area contributed by atoms with Crippen LogP contribution in [0.4, 0.5) is 0 Å². The van der Waals surface area contributed by atoms with E-state index in [1.807, 2.05) is 0 Å². The molecular formula is C16H26N4O6S. The summed E-state index contributed by atoms with van der Waals surface area (Å²) < 4.78 is 26.7. The highest BCUT2D eigenvalue weighted by molar-refractivity contribution is 7.89. The lowest BCUT2D eigenvalue weighted by Crippen LogP contribution is -2.49. The number of aliphatic hydroxyl groups is 2. The maximum Gasteiger partial charge on any atom is 0.322 e. The van der Waals surface area contributed by atoms with Crippen LogP contribution < -0.4 is 11.1 Å². The van der Waals surface area contributed by atoms with E-state index in [2.05, 4.69) is 5.32 Å². The van der Waals surface area contributed by atoms with Gasteiger partial charge in [-0.25, -0.2) is 8.42 Å². The number of carbonyl (C=O) groups is 1. The fraction of sp³-hybridized carbons (Fsp3) is 0.500. The second-order valence-corrected chi connectivity index (χ2v) is 7.95. The van der Waals surface area contributed by atoms with E-state index in [1.54, 1.807) is 19.1 Å². The first-order valence-corrected chi connectivity index (χ1v) is 9.71. The Bertz CT molecular complexity index is 738. The van der Waals surface area contributed by atoms with E-state index in [-0.39, 0.29) is 30.2 Å². The molecule has 0 aliphatic carbocycles. The van der Waals surface area contributed by atoms with Crippen molar-refractivity contribution < 1.29 is 28.5 Å². The molecule has 7 N–H and O–H groups in total. The first kappa shape index (κ1) is 22.8. The fourth-order valence-corrected chi connectivity index (χ4v) is 4.06. The summed E-state index contributed by atoms with van der Waals surface area (Å²) in [7, 11) is -4.23. The molecule has 1 aromatic carbocycles. The number of benzene rings is 1. The van der Waals surface area contributed by atoms with Crippen molar-refractivity contribution in [2.24, 2.45) is 5.73 Å². The molecule has 0 fully saturated rings. The predicted octanol–water partition coefficient (Wildman–Crippen LogP) is -0.945. The fourth-order valence-electron chi connectivity index (χ4n) is 2.41. The van der Waals surface area contributed by atoms with Crippen LogP contribution in [-0.4, -0.2) is 71.8 Å². The van der Waals surface area contributed by atoms with Crippen LogP contribution in [0.1, 0.15) is 18.4 Å². The normalized spacial score (nSPS) is 13.9. The van der Waals surface area contributed by atoms with Crippen molar-refractivity contribution in [3.63, 3.8) is 0 Å². The van der Waals surface area contributed by atoms with Crippen LogP contribution in [0, 0.1) is 12.3 Å². The second kappa shape index (κ2) is 10.2. The number of guanidine groups is 1. The first-order chi connectivity index (χ1) is 12.6. The van der Waals surface area contributed by atoms with Crippen LogP contribution >= 0.6 is 0 Å². The smallest absolute Gasteiger partial charge is 0.322 e. The molecule has 0 saturated carbocycles. The van der Waals surface area contributed by atoms with E-state index >= 15 is 0 Å². The number of nitrogens with two attached hydrogens (primary N) is 1. The van der Waals surface area contributed by atoms with E-state index in [0.29, 0.717) is 4.31 Å². The number of aliphatic hydroxyl groups excluding tert-OH is 2. The number of carboxylic acid groups (broad SMARTS) is 1. The van der Waals surface area contributed by atoms with Crippen molar-refractivity contribution in [2.75, 3.05) is 19.7 Å². The van der Waals surface area contributed by atoms with Gasteiger partial charge in [-0.15, -0.1) is 0 Å². The molecular weight excluding hydrogens is 376 g/mol. The standard InChI is InChI=1S/C16H26N4O6S/c1-11-4-6-13(7-5-11)27(25,26)20(9-12(22)10-21)14(15(23)24)3-2-8-19-16(17)18/h4-7,12,14,21-22H,2-3,8-10H2,1H3,(H,23,24)(H4,17,18,19). The number of rotatable bonds is 11. The van der Waals surface area contributed by atoms with Gasteiger partial charge in [0.15, 0.2) is 5.96 Å². The van der Waals surface area contributed by atoms with E-state index in [4.69, 9.17) is 16.2 Å². The minimum atomic E-state index is -4.23. The summed E-state index contributed by atoms with van der Waals surface area (Å²) in [5.74, 6) is -1.65. The Hall–Kier alpha value is -2.21. The van der Waals surface area contributed by atoms with E-state index < -0.39 is 41.3 Å². The topological polar surface area (TPSA) is 177 Å². The highest BCUT2D eigenvalue weighted by Gasteiger charge is 2.36. The quantitative estimate of drug-likeness (QED) is 0.156.